The topological polar surface area (TPSA) is 116 Å². The molecule has 7 rings (SSSR count). The highest BCUT2D eigenvalue weighted by Gasteiger charge is 2.48. The molecule has 226 valence electrons. The number of rotatable bonds is 1. The number of carbonyl (C=O) groups is 1. The smallest absolute Gasteiger partial charge is 0.276 e. The number of fused-ring (bicyclic) bond motifs is 8. The van der Waals surface area contributed by atoms with Crippen LogP contribution in [0.2, 0.25) is 0 Å². The Balaban J connectivity index is 1.52. The molecular weight excluding hydrogens is 559 g/mol. The molecule has 8 bridgehead atoms. The molecule has 0 spiro atoms. The molecular formula is C31H34F3N7O2. The minimum atomic E-state index is -3.42. The summed E-state index contributed by atoms with van der Waals surface area (Å²) in [5.41, 5.74) is -2.61. The predicted octanol–water partition coefficient (Wildman–Crippen LogP) is 4.29. The molecule has 0 radical (unpaired) electrons. The van der Waals surface area contributed by atoms with E-state index in [0.717, 1.165) is 10.6 Å². The first-order valence-electron chi connectivity index (χ1n) is 16.0. The highest BCUT2D eigenvalue weighted by atomic mass is 19.3. The van der Waals surface area contributed by atoms with Crippen molar-refractivity contribution in [1.82, 2.24) is 24.8 Å². The number of pyridine rings is 1. The van der Waals surface area contributed by atoms with Crippen LogP contribution in [0.5, 0.6) is 0 Å². The van der Waals surface area contributed by atoms with E-state index >= 15 is 13.2 Å². The van der Waals surface area contributed by atoms with Gasteiger partial charge in [0.1, 0.15) is 29.7 Å². The highest BCUT2D eigenvalue weighted by molar-refractivity contribution is 5.89. The second-order valence-corrected chi connectivity index (χ2v) is 11.9. The zero-order valence-electron chi connectivity index (χ0n) is 26.7. The molecule has 1 atom stereocenters. The van der Waals surface area contributed by atoms with Gasteiger partial charge in [0.2, 0.25) is 5.91 Å². The number of hydrogen-bond donors (Lipinski definition) is 2. The lowest BCUT2D eigenvalue weighted by molar-refractivity contribution is -0.121. The first-order valence-corrected chi connectivity index (χ1v) is 14.5. The van der Waals surface area contributed by atoms with Crippen molar-refractivity contribution in [2.75, 3.05) is 31.5 Å². The number of nitrogens with zero attached hydrogens (tertiary/aromatic N) is 5. The van der Waals surface area contributed by atoms with Gasteiger partial charge in [-0.1, -0.05) is 18.2 Å². The third kappa shape index (κ3) is 5.46. The predicted molar refractivity (Wildman–Crippen MR) is 154 cm³/mol. The molecule has 12 heteroatoms. The zero-order valence-corrected chi connectivity index (χ0v) is 23.7. The van der Waals surface area contributed by atoms with Crippen LogP contribution >= 0.6 is 0 Å². The number of aryl methyl sites for hydroxylation is 1. The number of nitriles is 1. The number of anilines is 1. The van der Waals surface area contributed by atoms with E-state index in [4.69, 9.17) is 4.11 Å². The normalized spacial score (nSPS) is 26.3. The molecule has 4 aliphatic rings. The summed E-state index contributed by atoms with van der Waals surface area (Å²) >= 11 is 0. The maximum absolute atomic E-state index is 15.9. The lowest BCUT2D eigenvalue weighted by Gasteiger charge is -2.41. The highest BCUT2D eigenvalue weighted by Crippen LogP contribution is 2.47. The molecule has 43 heavy (non-hydrogen) atoms. The Morgan fingerprint density at radius 1 is 1.16 bits per heavy atom. The maximum atomic E-state index is 15.9. The average Bonchev–Trinajstić information content (AvgIpc) is 3.77. The van der Waals surface area contributed by atoms with Crippen LogP contribution in [0.1, 0.15) is 71.7 Å². The molecule has 1 saturated carbocycles. The zero-order chi connectivity index (χ0) is 33.0. The Kier molecular flexibility index (Phi) is 6.49. The Hall–Kier alpha value is -3.98. The van der Waals surface area contributed by atoms with Gasteiger partial charge in [-0.25, -0.2) is 23.1 Å². The van der Waals surface area contributed by atoms with Crippen molar-refractivity contribution in [3.05, 3.63) is 63.0 Å². The van der Waals surface area contributed by atoms with Gasteiger partial charge in [-0.05, 0) is 58.0 Å². The fourth-order valence-corrected chi connectivity index (χ4v) is 6.21. The summed E-state index contributed by atoms with van der Waals surface area (Å²) in [6.07, 6.45) is 1.62. The lowest BCUT2D eigenvalue weighted by Crippen LogP contribution is -2.48. The fraction of sp³-hybridized carbons (Fsp3) is 0.516. The van der Waals surface area contributed by atoms with E-state index in [2.05, 4.69) is 26.7 Å². The van der Waals surface area contributed by atoms with Crippen LogP contribution in [-0.4, -0.2) is 51.5 Å². The summed E-state index contributed by atoms with van der Waals surface area (Å²) in [6, 6.07) is 6.40. The summed E-state index contributed by atoms with van der Waals surface area (Å²) in [6.45, 7) is 0.0985. The van der Waals surface area contributed by atoms with Crippen LogP contribution < -0.4 is 16.2 Å². The van der Waals surface area contributed by atoms with Crippen molar-refractivity contribution in [3.63, 3.8) is 0 Å². The second kappa shape index (κ2) is 10.9. The standard InChI is InChI=1S/C31H34F3N7O2/c1-18-21-6-5-7-23(26(21)32)31(33,34)13-20-14-40(15-20)11-4-3-10-36-25(42)16-41-28-22(27(37-18)38-19(2)39-28)12-24(29(41)43)30(17-35)8-9-30/h5-7,12,18,20H,3-4,8-11,13-16H2,1-2H3,(H,36,42)(H,37,38,39)/t18-/m1/s1/i2D3. The molecule has 2 aromatic heterocycles. The molecule has 5 heterocycles. The van der Waals surface area contributed by atoms with Crippen molar-refractivity contribution in [2.45, 2.75) is 69.8 Å². The summed E-state index contributed by atoms with van der Waals surface area (Å²) in [5.74, 6) is -6.04. The first-order chi connectivity index (χ1) is 21.7. The number of amides is 1. The number of benzene rings is 1. The van der Waals surface area contributed by atoms with Gasteiger partial charge in [0.15, 0.2) is 0 Å². The van der Waals surface area contributed by atoms with Gasteiger partial charge < -0.3 is 15.5 Å². The fourth-order valence-electron chi connectivity index (χ4n) is 6.21. The minimum absolute atomic E-state index is 0.0934. The molecule has 1 aromatic carbocycles. The lowest BCUT2D eigenvalue weighted by atomic mass is 9.88. The monoisotopic (exact) mass is 596 g/mol. The Morgan fingerprint density at radius 3 is 2.67 bits per heavy atom. The first kappa shape index (κ1) is 25.5. The summed E-state index contributed by atoms with van der Waals surface area (Å²) in [4.78, 5) is 37.4. The number of alkyl halides is 2. The molecule has 0 unspecified atom stereocenters. The number of carbonyl (C=O) groups excluding carboxylic acids is 1. The van der Waals surface area contributed by atoms with Crippen molar-refractivity contribution >= 4 is 22.8 Å². The van der Waals surface area contributed by atoms with E-state index < -0.39 is 65.9 Å². The van der Waals surface area contributed by atoms with Crippen LogP contribution in [0.3, 0.4) is 0 Å². The van der Waals surface area contributed by atoms with E-state index in [9.17, 15) is 14.9 Å². The Morgan fingerprint density at radius 2 is 1.95 bits per heavy atom. The molecule has 2 N–H and O–H groups in total. The van der Waals surface area contributed by atoms with Gasteiger partial charge in [-0.2, -0.15) is 5.26 Å². The van der Waals surface area contributed by atoms with Crippen molar-refractivity contribution in [1.29, 1.82) is 5.26 Å². The second-order valence-electron chi connectivity index (χ2n) is 11.9. The summed E-state index contributed by atoms with van der Waals surface area (Å²) in [7, 11) is 0. The van der Waals surface area contributed by atoms with Crippen molar-refractivity contribution < 1.29 is 22.1 Å². The van der Waals surface area contributed by atoms with E-state index in [1.165, 1.54) is 25.1 Å². The molecule has 1 saturated heterocycles. The van der Waals surface area contributed by atoms with E-state index in [0.29, 0.717) is 51.9 Å². The number of halogens is 3. The van der Waals surface area contributed by atoms with Crippen molar-refractivity contribution in [2.24, 2.45) is 5.92 Å². The van der Waals surface area contributed by atoms with Crippen LogP contribution in [0, 0.1) is 29.9 Å². The van der Waals surface area contributed by atoms with E-state index in [-0.39, 0.29) is 33.9 Å². The summed E-state index contributed by atoms with van der Waals surface area (Å²) in [5, 5.41) is 15.8. The van der Waals surface area contributed by atoms with Crippen LogP contribution in [0.4, 0.5) is 19.0 Å². The van der Waals surface area contributed by atoms with Gasteiger partial charge in [0, 0.05) is 41.3 Å². The largest absolute Gasteiger partial charge is 0.363 e. The van der Waals surface area contributed by atoms with Gasteiger partial charge in [-0.3, -0.25) is 14.2 Å². The molecule has 3 aromatic rings. The third-order valence-corrected chi connectivity index (χ3v) is 8.77. The maximum Gasteiger partial charge on any atom is 0.276 e. The Bertz CT molecular complexity index is 1800. The van der Waals surface area contributed by atoms with E-state index in [1.54, 1.807) is 0 Å². The van der Waals surface area contributed by atoms with Crippen LogP contribution in [0.25, 0.3) is 11.0 Å². The molecule has 2 fully saturated rings. The Labute approximate surface area is 251 Å². The van der Waals surface area contributed by atoms with Gasteiger partial charge in [0.05, 0.1) is 28.5 Å². The number of nitrogens with one attached hydrogen (secondary N) is 2. The van der Waals surface area contributed by atoms with Gasteiger partial charge in [-0.15, -0.1) is 0 Å². The molecule has 1 amide bonds. The van der Waals surface area contributed by atoms with Crippen molar-refractivity contribution in [3.8, 4) is 6.07 Å². The average molecular weight is 597 g/mol. The van der Waals surface area contributed by atoms with Gasteiger partial charge in [0.25, 0.3) is 11.5 Å². The molecule has 1 aliphatic carbocycles. The minimum Gasteiger partial charge on any atom is -0.363 e. The van der Waals surface area contributed by atoms with Crippen LogP contribution in [-0.2, 0) is 22.7 Å². The number of aromatic nitrogens is 3. The van der Waals surface area contributed by atoms with Crippen LogP contribution in [0.15, 0.2) is 29.1 Å². The molecule has 3 aliphatic heterocycles. The molecule has 9 nitrogen and oxygen atoms in total. The van der Waals surface area contributed by atoms with Gasteiger partial charge >= 0.3 is 0 Å². The quantitative estimate of drug-likeness (QED) is 0.431. The third-order valence-electron chi connectivity index (χ3n) is 8.77. The van der Waals surface area contributed by atoms with E-state index in [1.807, 2.05) is 4.90 Å². The summed E-state index contributed by atoms with van der Waals surface area (Å²) < 4.78 is 71.9. The SMILES string of the molecule is [2H]C([2H])([2H])c1nc2c3cc(C4(C#N)CC4)c(=O)n(c3n1)CC(=O)NCCCCN1CC(C1)CC(F)(F)c1cccc(c1F)[C@@H](C)N2. The number of hydrogen-bond acceptors (Lipinski definition) is 7.